The molecule has 0 spiro atoms. The van der Waals surface area contributed by atoms with E-state index in [0.717, 1.165) is 0 Å². The molecule has 0 atom stereocenters. The van der Waals surface area contributed by atoms with Crippen LogP contribution in [-0.2, 0) is 9.59 Å². The molecule has 0 radical (unpaired) electrons. The topological polar surface area (TPSA) is 102 Å². The van der Waals surface area contributed by atoms with Crippen LogP contribution in [0, 0.1) is 11.3 Å². The van der Waals surface area contributed by atoms with E-state index in [9.17, 15) is 20.0 Å². The minimum absolute atomic E-state index is 0.163. The van der Waals surface area contributed by atoms with Gasteiger partial charge in [-0.05, 0) is 35.9 Å². The number of benzene rings is 2. The smallest absolute Gasteiger partial charge is 0.266 e. The maximum atomic E-state index is 12.3. The Labute approximate surface area is 159 Å². The number of carbonyl (C=O) groups is 2. The molecule has 132 valence electrons. The van der Waals surface area contributed by atoms with E-state index in [1.807, 2.05) is 6.07 Å². The molecule has 8 heteroatoms. The molecular formula is C18H11Cl2N2O4-. The number of hydrogen-bond donors (Lipinski definition) is 1. The van der Waals surface area contributed by atoms with E-state index < -0.39 is 18.5 Å². The molecule has 0 saturated carbocycles. The van der Waals surface area contributed by atoms with E-state index in [1.54, 1.807) is 30.3 Å². The second kappa shape index (κ2) is 8.90. The molecule has 2 rings (SSSR count). The number of nitriles is 1. The number of ether oxygens (including phenoxy) is 1. The van der Waals surface area contributed by atoms with Crippen molar-refractivity contribution in [3.05, 3.63) is 63.6 Å². The number of aliphatic carboxylic acids is 1. The fourth-order valence-corrected chi connectivity index (χ4v) is 2.41. The number of carboxylic acid groups (broad SMARTS) is 1. The standard InChI is InChI=1S/C18H12Cl2N2O4/c19-14-2-1-3-15(20)17(14)22-18(25)12(9-21)8-11-4-6-13(7-5-11)26-10-16(23)24/h1-8H,10H2,(H,22,25)(H,23,24)/p-1/b12-8+. The van der Waals surface area contributed by atoms with E-state index >= 15 is 0 Å². The summed E-state index contributed by atoms with van der Waals surface area (Å²) >= 11 is 12.0. The number of para-hydroxylation sites is 1. The summed E-state index contributed by atoms with van der Waals surface area (Å²) in [6.07, 6.45) is 1.36. The molecule has 0 aliphatic rings. The van der Waals surface area contributed by atoms with Gasteiger partial charge in [-0.25, -0.2) is 0 Å². The van der Waals surface area contributed by atoms with E-state index in [2.05, 4.69) is 5.32 Å². The normalized spacial score (nSPS) is 10.7. The van der Waals surface area contributed by atoms with Crippen LogP contribution in [0.3, 0.4) is 0 Å². The zero-order chi connectivity index (χ0) is 19.1. The largest absolute Gasteiger partial charge is 0.546 e. The van der Waals surface area contributed by atoms with Crippen molar-refractivity contribution < 1.29 is 19.4 Å². The van der Waals surface area contributed by atoms with Crippen LogP contribution in [0.15, 0.2) is 48.0 Å². The van der Waals surface area contributed by atoms with E-state index in [1.165, 1.54) is 18.2 Å². The summed E-state index contributed by atoms with van der Waals surface area (Å²) in [5.41, 5.74) is 0.597. The third-order valence-corrected chi connectivity index (χ3v) is 3.74. The van der Waals surface area contributed by atoms with Crippen LogP contribution < -0.4 is 15.2 Å². The van der Waals surface area contributed by atoms with Crippen molar-refractivity contribution in [2.45, 2.75) is 0 Å². The average molecular weight is 390 g/mol. The molecule has 26 heavy (non-hydrogen) atoms. The molecule has 2 aromatic carbocycles. The van der Waals surface area contributed by atoms with Gasteiger partial charge < -0.3 is 20.0 Å². The Kier molecular flexibility index (Phi) is 6.61. The van der Waals surface area contributed by atoms with Gasteiger partial charge in [0, 0.05) is 0 Å². The first kappa shape index (κ1) is 19.3. The quantitative estimate of drug-likeness (QED) is 0.604. The Balaban J connectivity index is 2.15. The summed E-state index contributed by atoms with van der Waals surface area (Å²) in [7, 11) is 0. The van der Waals surface area contributed by atoms with Gasteiger partial charge in [0.25, 0.3) is 5.91 Å². The second-order valence-corrected chi connectivity index (χ2v) is 5.76. The first-order chi connectivity index (χ1) is 12.4. The number of hydrogen-bond acceptors (Lipinski definition) is 5. The molecule has 0 bridgehead atoms. The maximum Gasteiger partial charge on any atom is 0.266 e. The average Bonchev–Trinajstić information content (AvgIpc) is 2.62. The Bertz CT molecular complexity index is 882. The molecule has 0 fully saturated rings. The second-order valence-electron chi connectivity index (χ2n) is 4.95. The Hall–Kier alpha value is -3.01. The zero-order valence-electron chi connectivity index (χ0n) is 13.2. The number of nitrogens with zero attached hydrogens (tertiary/aromatic N) is 1. The Morgan fingerprint density at radius 3 is 2.31 bits per heavy atom. The Morgan fingerprint density at radius 2 is 1.77 bits per heavy atom. The number of carbonyl (C=O) groups excluding carboxylic acids is 2. The summed E-state index contributed by atoms with van der Waals surface area (Å²) in [6, 6.07) is 12.7. The van der Waals surface area contributed by atoms with Crippen molar-refractivity contribution in [2.24, 2.45) is 0 Å². The van der Waals surface area contributed by atoms with Crippen LogP contribution >= 0.6 is 23.2 Å². The zero-order valence-corrected chi connectivity index (χ0v) is 14.7. The third-order valence-electron chi connectivity index (χ3n) is 3.11. The van der Waals surface area contributed by atoms with Gasteiger partial charge in [-0.15, -0.1) is 0 Å². The number of nitrogens with one attached hydrogen (secondary N) is 1. The highest BCUT2D eigenvalue weighted by Crippen LogP contribution is 2.30. The maximum absolute atomic E-state index is 12.3. The van der Waals surface area contributed by atoms with E-state index in [-0.39, 0.29) is 21.3 Å². The highest BCUT2D eigenvalue weighted by molar-refractivity contribution is 6.40. The lowest BCUT2D eigenvalue weighted by molar-refractivity contribution is -0.307. The molecule has 0 aromatic heterocycles. The van der Waals surface area contributed by atoms with Gasteiger partial charge in [-0.3, -0.25) is 4.79 Å². The van der Waals surface area contributed by atoms with Gasteiger partial charge in [-0.2, -0.15) is 5.26 Å². The summed E-state index contributed by atoms with van der Waals surface area (Å²) in [5, 5.41) is 22.6. The monoisotopic (exact) mass is 389 g/mol. The van der Waals surface area contributed by atoms with Crippen molar-refractivity contribution >= 4 is 46.8 Å². The fourth-order valence-electron chi connectivity index (χ4n) is 1.92. The molecular weight excluding hydrogens is 379 g/mol. The predicted molar refractivity (Wildman–Crippen MR) is 95.6 cm³/mol. The summed E-state index contributed by atoms with van der Waals surface area (Å²) in [6.45, 7) is -0.570. The summed E-state index contributed by atoms with van der Waals surface area (Å²) < 4.78 is 4.95. The van der Waals surface area contributed by atoms with Crippen molar-refractivity contribution in [1.82, 2.24) is 0 Å². The first-order valence-corrected chi connectivity index (χ1v) is 7.96. The number of rotatable bonds is 6. The number of anilines is 1. The lowest BCUT2D eigenvalue weighted by atomic mass is 10.1. The molecule has 2 aromatic rings. The molecule has 1 amide bonds. The molecule has 6 nitrogen and oxygen atoms in total. The molecule has 1 N–H and O–H groups in total. The molecule has 0 aliphatic heterocycles. The summed E-state index contributed by atoms with van der Waals surface area (Å²) in [4.78, 5) is 22.6. The van der Waals surface area contributed by atoms with Crippen LogP contribution in [0.2, 0.25) is 10.0 Å². The SMILES string of the molecule is N#C/C(=C\c1ccc(OCC(=O)[O-])cc1)C(=O)Nc1c(Cl)cccc1Cl. The van der Waals surface area contributed by atoms with Crippen LogP contribution in [0.1, 0.15) is 5.56 Å². The van der Waals surface area contributed by atoms with Crippen LogP contribution in [0.4, 0.5) is 5.69 Å². The number of halogens is 2. The minimum atomic E-state index is -1.34. The summed E-state index contributed by atoms with van der Waals surface area (Å²) in [5.74, 6) is -1.69. The van der Waals surface area contributed by atoms with Crippen molar-refractivity contribution in [3.63, 3.8) is 0 Å². The van der Waals surface area contributed by atoms with Crippen molar-refractivity contribution in [2.75, 3.05) is 11.9 Å². The molecule has 0 saturated heterocycles. The Morgan fingerprint density at radius 1 is 1.15 bits per heavy atom. The van der Waals surface area contributed by atoms with Gasteiger partial charge in [0.1, 0.15) is 24.0 Å². The number of carboxylic acids is 1. The molecule has 0 unspecified atom stereocenters. The van der Waals surface area contributed by atoms with Crippen LogP contribution in [0.25, 0.3) is 6.08 Å². The van der Waals surface area contributed by atoms with Crippen LogP contribution in [-0.4, -0.2) is 18.5 Å². The van der Waals surface area contributed by atoms with Gasteiger partial charge in [0.05, 0.1) is 21.7 Å². The molecule has 0 aliphatic carbocycles. The van der Waals surface area contributed by atoms with Crippen molar-refractivity contribution in [3.8, 4) is 11.8 Å². The minimum Gasteiger partial charge on any atom is -0.546 e. The molecule has 0 heterocycles. The first-order valence-electron chi connectivity index (χ1n) is 7.20. The lowest BCUT2D eigenvalue weighted by Crippen LogP contribution is -2.28. The van der Waals surface area contributed by atoms with E-state index in [4.69, 9.17) is 27.9 Å². The van der Waals surface area contributed by atoms with Gasteiger partial charge in [-0.1, -0.05) is 41.4 Å². The highest BCUT2D eigenvalue weighted by Gasteiger charge is 2.13. The lowest BCUT2D eigenvalue weighted by Gasteiger charge is -2.09. The fraction of sp³-hybridized carbons (Fsp3) is 0.0556. The van der Waals surface area contributed by atoms with E-state index in [0.29, 0.717) is 11.3 Å². The van der Waals surface area contributed by atoms with Gasteiger partial charge in [0.15, 0.2) is 0 Å². The third kappa shape index (κ3) is 5.24. The predicted octanol–water partition coefficient (Wildman–Crippen LogP) is 2.67. The van der Waals surface area contributed by atoms with Gasteiger partial charge in [0.2, 0.25) is 0 Å². The number of amides is 1. The van der Waals surface area contributed by atoms with Crippen molar-refractivity contribution in [1.29, 1.82) is 5.26 Å². The van der Waals surface area contributed by atoms with Gasteiger partial charge >= 0.3 is 0 Å². The van der Waals surface area contributed by atoms with Crippen LogP contribution in [0.5, 0.6) is 5.75 Å². The highest BCUT2D eigenvalue weighted by atomic mass is 35.5.